The fraction of sp³-hybridized carbons (Fsp3) is 0.429. The average Bonchev–Trinajstić information content (AvgIpc) is 2.57. The Bertz CT molecular complexity index is 519. The first-order chi connectivity index (χ1) is 8.58. The largest absolute Gasteiger partial charge is 0.392 e. The summed E-state index contributed by atoms with van der Waals surface area (Å²) in [6, 6.07) is 3.88. The lowest BCUT2D eigenvalue weighted by Gasteiger charge is -2.10. The molecule has 0 aliphatic carbocycles. The van der Waals surface area contributed by atoms with Crippen molar-refractivity contribution in [2.75, 3.05) is 0 Å². The van der Waals surface area contributed by atoms with E-state index in [0.29, 0.717) is 12.8 Å². The first-order valence-electron chi connectivity index (χ1n) is 6.14. The number of hydrogen-bond acceptors (Lipinski definition) is 3. The van der Waals surface area contributed by atoms with E-state index in [-0.39, 0.29) is 0 Å². The minimum atomic E-state index is -0.393. The monoisotopic (exact) mass is 245 g/mol. The molecule has 0 bridgehead atoms. The molecule has 2 aromatic rings. The molecule has 0 amide bonds. The van der Waals surface area contributed by atoms with Gasteiger partial charge in [0.15, 0.2) is 0 Å². The van der Waals surface area contributed by atoms with Crippen LogP contribution in [0.4, 0.5) is 0 Å². The molecule has 18 heavy (non-hydrogen) atoms. The van der Waals surface area contributed by atoms with Crippen LogP contribution in [0.5, 0.6) is 0 Å². The third-order valence-corrected chi connectivity index (χ3v) is 3.29. The highest BCUT2D eigenvalue weighted by molar-refractivity contribution is 5.25. The van der Waals surface area contributed by atoms with E-state index >= 15 is 0 Å². The molecule has 0 saturated carbocycles. The van der Waals surface area contributed by atoms with Crippen LogP contribution in [0, 0.1) is 13.8 Å². The standard InChI is InChI=1S/C14H19N3O/c1-10-14(11(2)17(3)16-10)8-13(18)7-12-5-4-6-15-9-12/h4-6,9,13,18H,7-8H2,1-3H3. The van der Waals surface area contributed by atoms with Crippen LogP contribution in [0.3, 0.4) is 0 Å². The van der Waals surface area contributed by atoms with Crippen molar-refractivity contribution in [3.8, 4) is 0 Å². The van der Waals surface area contributed by atoms with Gasteiger partial charge in [-0.25, -0.2) is 0 Å². The Labute approximate surface area is 107 Å². The third kappa shape index (κ3) is 2.76. The molecule has 2 rings (SSSR count). The molecule has 1 N–H and O–H groups in total. The summed E-state index contributed by atoms with van der Waals surface area (Å²) in [7, 11) is 1.93. The molecule has 2 heterocycles. The van der Waals surface area contributed by atoms with Crippen molar-refractivity contribution in [3.63, 3.8) is 0 Å². The van der Waals surface area contributed by atoms with Crippen LogP contribution in [-0.4, -0.2) is 26.0 Å². The summed E-state index contributed by atoms with van der Waals surface area (Å²) in [6.45, 7) is 4.02. The van der Waals surface area contributed by atoms with E-state index in [4.69, 9.17) is 0 Å². The lowest BCUT2D eigenvalue weighted by atomic mass is 10.0. The number of aliphatic hydroxyl groups is 1. The van der Waals surface area contributed by atoms with Gasteiger partial charge in [-0.2, -0.15) is 5.10 Å². The van der Waals surface area contributed by atoms with Crippen molar-refractivity contribution in [2.45, 2.75) is 32.8 Å². The van der Waals surface area contributed by atoms with Crippen molar-refractivity contribution in [2.24, 2.45) is 7.05 Å². The number of aromatic nitrogens is 3. The van der Waals surface area contributed by atoms with E-state index < -0.39 is 6.10 Å². The van der Waals surface area contributed by atoms with Gasteiger partial charge in [-0.05, 0) is 31.0 Å². The van der Waals surface area contributed by atoms with Gasteiger partial charge < -0.3 is 5.11 Å². The van der Waals surface area contributed by atoms with Gasteiger partial charge in [0.05, 0.1) is 11.8 Å². The first-order valence-corrected chi connectivity index (χ1v) is 6.14. The molecule has 4 nitrogen and oxygen atoms in total. The zero-order valence-electron chi connectivity index (χ0n) is 11.1. The highest BCUT2D eigenvalue weighted by Crippen LogP contribution is 2.15. The van der Waals surface area contributed by atoms with Crippen molar-refractivity contribution in [3.05, 3.63) is 47.0 Å². The molecule has 0 aliphatic rings. The van der Waals surface area contributed by atoms with Crippen LogP contribution >= 0.6 is 0 Å². The summed E-state index contributed by atoms with van der Waals surface area (Å²) >= 11 is 0. The van der Waals surface area contributed by atoms with Crippen LogP contribution in [0.2, 0.25) is 0 Å². The van der Waals surface area contributed by atoms with E-state index in [1.54, 1.807) is 12.4 Å². The van der Waals surface area contributed by atoms with Crippen molar-refractivity contribution in [1.29, 1.82) is 0 Å². The van der Waals surface area contributed by atoms with Crippen molar-refractivity contribution < 1.29 is 5.11 Å². The summed E-state index contributed by atoms with van der Waals surface area (Å²) in [6.07, 6.45) is 4.41. The second kappa shape index (κ2) is 5.31. The Kier molecular flexibility index (Phi) is 3.77. The van der Waals surface area contributed by atoms with Crippen LogP contribution < -0.4 is 0 Å². The van der Waals surface area contributed by atoms with Gasteiger partial charge in [-0.3, -0.25) is 9.67 Å². The summed E-state index contributed by atoms with van der Waals surface area (Å²) in [5.41, 5.74) is 4.33. The minimum absolute atomic E-state index is 0.393. The zero-order chi connectivity index (χ0) is 13.1. The lowest BCUT2D eigenvalue weighted by molar-refractivity contribution is 0.175. The quantitative estimate of drug-likeness (QED) is 0.889. The maximum absolute atomic E-state index is 10.1. The predicted molar refractivity (Wildman–Crippen MR) is 70.3 cm³/mol. The molecule has 0 saturated heterocycles. The van der Waals surface area contributed by atoms with E-state index in [9.17, 15) is 5.11 Å². The number of aryl methyl sites for hydroxylation is 2. The fourth-order valence-electron chi connectivity index (χ4n) is 2.21. The maximum Gasteiger partial charge on any atom is 0.0629 e. The average molecular weight is 245 g/mol. The molecule has 0 spiro atoms. The Morgan fingerprint density at radius 3 is 2.67 bits per heavy atom. The minimum Gasteiger partial charge on any atom is -0.392 e. The molecule has 0 aliphatic heterocycles. The number of pyridine rings is 1. The van der Waals surface area contributed by atoms with Crippen LogP contribution in [0.1, 0.15) is 22.5 Å². The molecule has 96 valence electrons. The molecule has 1 unspecified atom stereocenters. The maximum atomic E-state index is 10.1. The van der Waals surface area contributed by atoms with Gasteiger partial charge in [0.1, 0.15) is 0 Å². The van der Waals surface area contributed by atoms with E-state index in [1.807, 2.05) is 37.7 Å². The summed E-state index contributed by atoms with van der Waals surface area (Å²) in [4.78, 5) is 4.06. The number of rotatable bonds is 4. The Hall–Kier alpha value is -1.68. The molecule has 4 heteroatoms. The summed E-state index contributed by atoms with van der Waals surface area (Å²) in [5.74, 6) is 0. The Morgan fingerprint density at radius 1 is 1.33 bits per heavy atom. The van der Waals surface area contributed by atoms with Gasteiger partial charge in [-0.15, -0.1) is 0 Å². The molecule has 0 radical (unpaired) electrons. The second-order valence-corrected chi connectivity index (χ2v) is 4.70. The molecule has 0 fully saturated rings. The van der Waals surface area contributed by atoms with E-state index in [1.165, 1.54) is 0 Å². The normalized spacial score (nSPS) is 12.7. The molecule has 1 atom stereocenters. The molecular formula is C14H19N3O. The Balaban J connectivity index is 2.05. The smallest absolute Gasteiger partial charge is 0.0629 e. The van der Waals surface area contributed by atoms with Crippen LogP contribution in [0.15, 0.2) is 24.5 Å². The number of hydrogen-bond donors (Lipinski definition) is 1. The fourth-order valence-corrected chi connectivity index (χ4v) is 2.21. The first kappa shape index (κ1) is 12.8. The van der Waals surface area contributed by atoms with Crippen molar-refractivity contribution in [1.82, 2.24) is 14.8 Å². The zero-order valence-corrected chi connectivity index (χ0v) is 11.1. The highest BCUT2D eigenvalue weighted by atomic mass is 16.3. The van der Waals surface area contributed by atoms with E-state index in [2.05, 4.69) is 10.1 Å². The van der Waals surface area contributed by atoms with Gasteiger partial charge in [0.25, 0.3) is 0 Å². The van der Waals surface area contributed by atoms with Crippen LogP contribution in [-0.2, 0) is 19.9 Å². The number of nitrogens with zero attached hydrogens (tertiary/aromatic N) is 3. The summed E-state index contributed by atoms with van der Waals surface area (Å²) < 4.78 is 1.86. The predicted octanol–water partition coefficient (Wildman–Crippen LogP) is 1.58. The van der Waals surface area contributed by atoms with Gasteiger partial charge in [0.2, 0.25) is 0 Å². The van der Waals surface area contributed by atoms with Gasteiger partial charge in [-0.1, -0.05) is 6.07 Å². The number of aliphatic hydroxyl groups excluding tert-OH is 1. The SMILES string of the molecule is Cc1nn(C)c(C)c1CC(O)Cc1cccnc1. The third-order valence-electron chi connectivity index (χ3n) is 3.29. The highest BCUT2D eigenvalue weighted by Gasteiger charge is 2.14. The molecular weight excluding hydrogens is 226 g/mol. The topological polar surface area (TPSA) is 50.9 Å². The van der Waals surface area contributed by atoms with Crippen molar-refractivity contribution >= 4 is 0 Å². The van der Waals surface area contributed by atoms with Crippen LogP contribution in [0.25, 0.3) is 0 Å². The molecule has 2 aromatic heterocycles. The second-order valence-electron chi connectivity index (χ2n) is 4.70. The van der Waals surface area contributed by atoms with Gasteiger partial charge in [0, 0.05) is 38.0 Å². The molecule has 0 aromatic carbocycles. The Morgan fingerprint density at radius 2 is 2.11 bits per heavy atom. The van der Waals surface area contributed by atoms with Gasteiger partial charge >= 0.3 is 0 Å². The van der Waals surface area contributed by atoms with E-state index in [0.717, 1.165) is 22.5 Å². The summed E-state index contributed by atoms with van der Waals surface area (Å²) in [5, 5.41) is 14.5. The lowest BCUT2D eigenvalue weighted by Crippen LogP contribution is -2.15.